The first kappa shape index (κ1) is 18.1. The number of hydrogen-bond donors (Lipinski definition) is 4. The van der Waals surface area contributed by atoms with E-state index < -0.39 is 55.5 Å². The molecule has 0 radical (unpaired) electrons. The second-order valence-electron chi connectivity index (χ2n) is 5.89. The summed E-state index contributed by atoms with van der Waals surface area (Å²) in [6.07, 6.45) is -3.61. The molecule has 1 fully saturated rings. The number of carbonyl (C=O) groups excluding carboxylic acids is 1. The third-order valence-electron chi connectivity index (χ3n) is 4.39. The van der Waals surface area contributed by atoms with Crippen LogP contribution in [-0.4, -0.2) is 76.6 Å². The van der Waals surface area contributed by atoms with Crippen molar-refractivity contribution in [1.29, 1.82) is 0 Å². The molecule has 0 spiro atoms. The molecule has 138 valence electrons. The molecule has 3 aliphatic heterocycles. The Morgan fingerprint density at radius 3 is 2.68 bits per heavy atom. The van der Waals surface area contributed by atoms with E-state index in [1.165, 1.54) is 12.3 Å². The summed E-state index contributed by atoms with van der Waals surface area (Å²) in [5.41, 5.74) is 0.872. The quantitative estimate of drug-likeness (QED) is 0.344. The summed E-state index contributed by atoms with van der Waals surface area (Å²) in [5, 5.41) is 38.9. The van der Waals surface area contributed by atoms with E-state index in [4.69, 9.17) is 18.9 Å². The van der Waals surface area contributed by atoms with Crippen LogP contribution in [0.5, 0.6) is 0 Å². The average molecular weight is 356 g/mol. The van der Waals surface area contributed by atoms with Crippen molar-refractivity contribution in [1.82, 2.24) is 0 Å². The number of hydrogen-bond acceptors (Lipinski definition) is 9. The van der Waals surface area contributed by atoms with Crippen LogP contribution in [0.15, 0.2) is 36.1 Å². The molecule has 1 saturated heterocycles. The highest BCUT2D eigenvalue weighted by molar-refractivity contribution is 5.94. The van der Waals surface area contributed by atoms with Crippen LogP contribution in [0.3, 0.4) is 0 Å². The van der Waals surface area contributed by atoms with E-state index in [0.717, 1.165) is 0 Å². The zero-order chi connectivity index (χ0) is 18.1. The molecule has 7 atom stereocenters. The van der Waals surface area contributed by atoms with Crippen molar-refractivity contribution in [2.75, 3.05) is 13.2 Å². The van der Waals surface area contributed by atoms with Crippen molar-refractivity contribution in [3.8, 4) is 0 Å². The molecule has 0 bridgehead atoms. The van der Waals surface area contributed by atoms with Gasteiger partial charge in [0.1, 0.15) is 37.3 Å². The smallest absolute Gasteiger partial charge is 0.341 e. The van der Waals surface area contributed by atoms with Crippen LogP contribution >= 0.6 is 0 Å². The maximum atomic E-state index is 11.8. The van der Waals surface area contributed by atoms with Gasteiger partial charge in [0.15, 0.2) is 6.29 Å². The van der Waals surface area contributed by atoms with Crippen molar-refractivity contribution in [2.24, 2.45) is 5.92 Å². The Morgan fingerprint density at radius 2 is 2.00 bits per heavy atom. The summed E-state index contributed by atoms with van der Waals surface area (Å²) in [5.74, 6) is -1.06. The van der Waals surface area contributed by atoms with Gasteiger partial charge in [0, 0.05) is 0 Å². The highest BCUT2D eigenvalue weighted by atomic mass is 16.8. The maximum absolute atomic E-state index is 11.8. The normalized spacial score (nSPS) is 41.0. The zero-order valence-corrected chi connectivity index (χ0v) is 13.2. The maximum Gasteiger partial charge on any atom is 0.341 e. The lowest BCUT2D eigenvalue weighted by Crippen LogP contribution is -2.60. The fourth-order valence-electron chi connectivity index (χ4n) is 2.98. The van der Waals surface area contributed by atoms with E-state index in [0.29, 0.717) is 5.57 Å². The van der Waals surface area contributed by atoms with Crippen LogP contribution in [0.25, 0.3) is 0 Å². The molecule has 0 aromatic heterocycles. The number of aliphatic hydroxyl groups excluding tert-OH is 4. The summed E-state index contributed by atoms with van der Waals surface area (Å²) in [4.78, 5) is 11.8. The van der Waals surface area contributed by atoms with Gasteiger partial charge >= 0.3 is 5.97 Å². The summed E-state index contributed by atoms with van der Waals surface area (Å²) in [6, 6.07) is 0. The number of fused-ring (bicyclic) bond motifs is 1. The van der Waals surface area contributed by atoms with Gasteiger partial charge in [-0.05, 0) is 11.6 Å². The number of carbonyl (C=O) groups is 1. The molecule has 0 saturated carbocycles. The highest BCUT2D eigenvalue weighted by Gasteiger charge is 2.46. The van der Waals surface area contributed by atoms with Gasteiger partial charge in [-0.2, -0.15) is 0 Å². The van der Waals surface area contributed by atoms with Crippen LogP contribution < -0.4 is 0 Å². The topological polar surface area (TPSA) is 135 Å². The molecule has 5 unspecified atom stereocenters. The zero-order valence-electron chi connectivity index (χ0n) is 13.2. The Kier molecular flexibility index (Phi) is 5.23. The molecular weight excluding hydrogens is 336 g/mol. The lowest BCUT2D eigenvalue weighted by molar-refractivity contribution is -0.336. The second kappa shape index (κ2) is 7.24. The SMILES string of the molecule is C=C[C@H]1C2=CCOC(=O)C2=CO[C@@H]1OC1OC(CO)C(O)C(O)C1O. The lowest BCUT2D eigenvalue weighted by Gasteiger charge is -2.42. The van der Waals surface area contributed by atoms with Gasteiger partial charge < -0.3 is 39.4 Å². The Labute approximate surface area is 143 Å². The first-order chi connectivity index (χ1) is 12.0. The van der Waals surface area contributed by atoms with E-state index >= 15 is 0 Å². The largest absolute Gasteiger partial charge is 0.471 e. The van der Waals surface area contributed by atoms with Crippen LogP contribution in [0.4, 0.5) is 0 Å². The van der Waals surface area contributed by atoms with E-state index in [1.54, 1.807) is 6.08 Å². The van der Waals surface area contributed by atoms with Crippen LogP contribution in [0.2, 0.25) is 0 Å². The molecule has 9 nitrogen and oxygen atoms in total. The van der Waals surface area contributed by atoms with Crippen molar-refractivity contribution in [3.63, 3.8) is 0 Å². The molecule has 25 heavy (non-hydrogen) atoms. The van der Waals surface area contributed by atoms with Crippen LogP contribution in [-0.2, 0) is 23.7 Å². The fourth-order valence-corrected chi connectivity index (χ4v) is 2.98. The summed E-state index contributed by atoms with van der Waals surface area (Å²) < 4.78 is 21.2. The minimum Gasteiger partial charge on any atom is -0.471 e. The monoisotopic (exact) mass is 356 g/mol. The Morgan fingerprint density at radius 1 is 1.24 bits per heavy atom. The molecule has 0 aliphatic carbocycles. The van der Waals surface area contributed by atoms with Crippen molar-refractivity contribution >= 4 is 5.97 Å². The second-order valence-corrected chi connectivity index (χ2v) is 5.89. The van der Waals surface area contributed by atoms with Gasteiger partial charge in [0.25, 0.3) is 0 Å². The fraction of sp³-hybridized carbons (Fsp3) is 0.562. The molecule has 3 rings (SSSR count). The highest BCUT2D eigenvalue weighted by Crippen LogP contribution is 2.35. The summed E-state index contributed by atoms with van der Waals surface area (Å²) in [7, 11) is 0. The number of rotatable bonds is 4. The van der Waals surface area contributed by atoms with E-state index in [2.05, 4.69) is 6.58 Å². The first-order valence-corrected chi connectivity index (χ1v) is 7.79. The predicted molar refractivity (Wildman–Crippen MR) is 80.5 cm³/mol. The standard InChI is InChI=1S/C16H20O9/c1-2-7-8-3-4-22-14(21)9(8)6-23-15(7)25-16-13(20)12(19)11(18)10(5-17)24-16/h2-3,6-7,10-13,15-20H,1,4-5H2/t7-,10?,11?,12?,13?,15+,16?/m0/s1. The van der Waals surface area contributed by atoms with E-state index in [9.17, 15) is 25.2 Å². The van der Waals surface area contributed by atoms with Gasteiger partial charge in [-0.15, -0.1) is 6.58 Å². The molecule has 0 aromatic carbocycles. The van der Waals surface area contributed by atoms with E-state index in [1.807, 2.05) is 0 Å². The van der Waals surface area contributed by atoms with Crippen molar-refractivity contribution in [3.05, 3.63) is 36.1 Å². The van der Waals surface area contributed by atoms with Gasteiger partial charge in [0.2, 0.25) is 6.29 Å². The number of ether oxygens (including phenoxy) is 4. The minimum absolute atomic E-state index is 0.114. The molecule has 9 heteroatoms. The van der Waals surface area contributed by atoms with Crippen LogP contribution in [0.1, 0.15) is 0 Å². The lowest BCUT2D eigenvalue weighted by atomic mass is 9.89. The molecule has 0 aromatic rings. The van der Waals surface area contributed by atoms with E-state index in [-0.39, 0.29) is 12.2 Å². The van der Waals surface area contributed by atoms with Crippen molar-refractivity contribution in [2.45, 2.75) is 37.0 Å². The number of esters is 1. The summed E-state index contributed by atoms with van der Waals surface area (Å²) >= 11 is 0. The number of aliphatic hydroxyl groups is 4. The average Bonchev–Trinajstić information content (AvgIpc) is 2.62. The third kappa shape index (κ3) is 3.22. The predicted octanol–water partition coefficient (Wildman–Crippen LogP) is -1.67. The molecule has 3 aliphatic rings. The molecule has 3 heterocycles. The third-order valence-corrected chi connectivity index (χ3v) is 4.39. The minimum atomic E-state index is -1.56. The van der Waals surface area contributed by atoms with Gasteiger partial charge in [0.05, 0.1) is 18.1 Å². The Hall–Kier alpha value is -1.75. The van der Waals surface area contributed by atoms with Gasteiger partial charge in [-0.3, -0.25) is 0 Å². The first-order valence-electron chi connectivity index (χ1n) is 7.79. The molecule has 4 N–H and O–H groups in total. The Balaban J connectivity index is 1.78. The molecular formula is C16H20O9. The van der Waals surface area contributed by atoms with Gasteiger partial charge in [-0.1, -0.05) is 6.08 Å². The van der Waals surface area contributed by atoms with Crippen molar-refractivity contribution < 1.29 is 44.2 Å². The number of cyclic esters (lactones) is 1. The van der Waals surface area contributed by atoms with Crippen LogP contribution in [0, 0.1) is 5.92 Å². The van der Waals surface area contributed by atoms with Gasteiger partial charge in [-0.25, -0.2) is 4.79 Å². The summed E-state index contributed by atoms with van der Waals surface area (Å²) in [6.45, 7) is 3.25. The molecule has 0 amide bonds. The Bertz CT molecular complexity index is 596.